The van der Waals surface area contributed by atoms with E-state index in [4.69, 9.17) is 11.6 Å². The van der Waals surface area contributed by atoms with E-state index in [1.54, 1.807) is 35.2 Å². The first kappa shape index (κ1) is 22.0. The third-order valence-corrected chi connectivity index (χ3v) is 6.32. The van der Waals surface area contributed by atoms with Crippen molar-refractivity contribution in [3.63, 3.8) is 0 Å². The Kier molecular flexibility index (Phi) is 6.57. The van der Waals surface area contributed by atoms with E-state index in [2.05, 4.69) is 15.5 Å². The van der Waals surface area contributed by atoms with Crippen molar-refractivity contribution in [2.75, 3.05) is 16.0 Å². The van der Waals surface area contributed by atoms with E-state index < -0.39 is 0 Å². The van der Waals surface area contributed by atoms with E-state index >= 15 is 0 Å². The third kappa shape index (κ3) is 4.84. The number of nitrogens with one attached hydrogen (secondary N) is 1. The highest BCUT2D eigenvalue weighted by Gasteiger charge is 2.27. The minimum absolute atomic E-state index is 0.128. The normalized spacial score (nSPS) is 14.0. The van der Waals surface area contributed by atoms with Crippen LogP contribution in [0.1, 0.15) is 24.8 Å². The Balaban J connectivity index is 1.37. The molecule has 10 heteroatoms. The van der Waals surface area contributed by atoms with Gasteiger partial charge in [-0.2, -0.15) is 0 Å². The molecule has 1 aromatic heterocycles. The molecule has 164 valence electrons. The molecule has 1 fully saturated rings. The SMILES string of the molecule is Cc1ccc(-n2cnnc2SCC(=O)Nc2ccc(N3C(=O)CCCC3=O)cc2)cc1Cl. The first-order chi connectivity index (χ1) is 15.4. The van der Waals surface area contributed by atoms with Crippen LogP contribution in [0, 0.1) is 6.92 Å². The Morgan fingerprint density at radius 3 is 2.47 bits per heavy atom. The fourth-order valence-electron chi connectivity index (χ4n) is 3.29. The van der Waals surface area contributed by atoms with E-state index in [0.717, 1.165) is 11.3 Å². The summed E-state index contributed by atoms with van der Waals surface area (Å²) in [5.74, 6) is -0.491. The van der Waals surface area contributed by atoms with Gasteiger partial charge in [0, 0.05) is 23.6 Å². The van der Waals surface area contributed by atoms with E-state index in [-0.39, 0.29) is 23.5 Å². The maximum atomic E-state index is 12.4. The summed E-state index contributed by atoms with van der Waals surface area (Å²) < 4.78 is 1.77. The Hall–Kier alpha value is -3.17. The van der Waals surface area contributed by atoms with Gasteiger partial charge in [-0.15, -0.1) is 10.2 Å². The smallest absolute Gasteiger partial charge is 0.234 e. The molecule has 1 aliphatic rings. The summed E-state index contributed by atoms with van der Waals surface area (Å²) >= 11 is 7.46. The minimum Gasteiger partial charge on any atom is -0.325 e. The fourth-order valence-corrected chi connectivity index (χ4v) is 4.20. The average Bonchev–Trinajstić information content (AvgIpc) is 3.24. The molecule has 0 atom stereocenters. The predicted molar refractivity (Wildman–Crippen MR) is 123 cm³/mol. The summed E-state index contributed by atoms with van der Waals surface area (Å²) in [6.07, 6.45) is 2.88. The van der Waals surface area contributed by atoms with Crippen LogP contribution in [0.2, 0.25) is 5.02 Å². The molecule has 0 spiro atoms. The van der Waals surface area contributed by atoms with Crippen molar-refractivity contribution >= 4 is 52.5 Å². The molecule has 8 nitrogen and oxygen atoms in total. The number of anilines is 2. The van der Waals surface area contributed by atoms with Crippen molar-refractivity contribution in [1.82, 2.24) is 14.8 Å². The number of nitrogens with zero attached hydrogens (tertiary/aromatic N) is 4. The number of piperidine rings is 1. The van der Waals surface area contributed by atoms with Crippen molar-refractivity contribution in [1.29, 1.82) is 0 Å². The molecule has 4 rings (SSSR count). The van der Waals surface area contributed by atoms with Crippen LogP contribution < -0.4 is 10.2 Å². The summed E-state index contributed by atoms with van der Waals surface area (Å²) in [7, 11) is 0. The molecule has 0 aliphatic carbocycles. The van der Waals surface area contributed by atoms with Crippen LogP contribution in [-0.4, -0.2) is 38.2 Å². The summed E-state index contributed by atoms with van der Waals surface area (Å²) in [6, 6.07) is 12.3. The second kappa shape index (κ2) is 9.54. The standard InChI is InChI=1S/C22H20ClN5O3S/c1-14-5-8-17(11-18(14)23)27-13-24-26-22(27)32-12-19(29)25-15-6-9-16(10-7-15)28-20(30)3-2-4-21(28)31/h5-11,13H,2-4,12H2,1H3,(H,25,29). The van der Waals surface area contributed by atoms with Gasteiger partial charge in [0.1, 0.15) is 6.33 Å². The molecule has 32 heavy (non-hydrogen) atoms. The molecule has 0 bridgehead atoms. The lowest BCUT2D eigenvalue weighted by Crippen LogP contribution is -2.40. The number of halogens is 1. The number of rotatable bonds is 6. The highest BCUT2D eigenvalue weighted by atomic mass is 35.5. The van der Waals surface area contributed by atoms with E-state index in [9.17, 15) is 14.4 Å². The zero-order chi connectivity index (χ0) is 22.7. The molecular formula is C22H20ClN5O3S. The molecule has 0 saturated carbocycles. The second-order valence-electron chi connectivity index (χ2n) is 7.28. The Morgan fingerprint density at radius 2 is 1.78 bits per heavy atom. The highest BCUT2D eigenvalue weighted by molar-refractivity contribution is 7.99. The van der Waals surface area contributed by atoms with Gasteiger partial charge in [0.25, 0.3) is 0 Å². The topological polar surface area (TPSA) is 97.2 Å². The lowest BCUT2D eigenvalue weighted by molar-refractivity contribution is -0.129. The monoisotopic (exact) mass is 469 g/mol. The number of hydrogen-bond donors (Lipinski definition) is 1. The van der Waals surface area contributed by atoms with Crippen molar-refractivity contribution < 1.29 is 14.4 Å². The largest absolute Gasteiger partial charge is 0.325 e. The van der Waals surface area contributed by atoms with E-state index in [0.29, 0.717) is 40.8 Å². The van der Waals surface area contributed by atoms with Gasteiger partial charge in [-0.3, -0.25) is 23.9 Å². The maximum Gasteiger partial charge on any atom is 0.234 e. The van der Waals surface area contributed by atoms with E-state index in [1.165, 1.54) is 16.7 Å². The van der Waals surface area contributed by atoms with Crippen molar-refractivity contribution in [2.45, 2.75) is 31.3 Å². The molecule has 1 N–H and O–H groups in total. The number of amides is 3. The van der Waals surface area contributed by atoms with Crippen molar-refractivity contribution in [2.24, 2.45) is 0 Å². The van der Waals surface area contributed by atoms with Crippen LogP contribution in [0.3, 0.4) is 0 Å². The lowest BCUT2D eigenvalue weighted by atomic mass is 10.1. The molecule has 2 heterocycles. The van der Waals surface area contributed by atoms with E-state index in [1.807, 2.05) is 25.1 Å². The van der Waals surface area contributed by atoms with Gasteiger partial charge in [-0.25, -0.2) is 0 Å². The van der Waals surface area contributed by atoms with Gasteiger partial charge in [0.2, 0.25) is 17.7 Å². The average molecular weight is 470 g/mol. The molecule has 3 amide bonds. The Morgan fingerprint density at radius 1 is 1.09 bits per heavy atom. The van der Waals surface area contributed by atoms with Gasteiger partial charge >= 0.3 is 0 Å². The van der Waals surface area contributed by atoms with Gasteiger partial charge in [-0.05, 0) is 55.3 Å². The Bertz CT molecular complexity index is 1160. The number of benzene rings is 2. The number of aromatic nitrogens is 3. The van der Waals surface area contributed by atoms with Crippen LogP contribution in [-0.2, 0) is 14.4 Å². The molecule has 1 aliphatic heterocycles. The van der Waals surface area contributed by atoms with Crippen LogP contribution in [0.4, 0.5) is 11.4 Å². The van der Waals surface area contributed by atoms with Gasteiger partial charge in [0.05, 0.1) is 17.1 Å². The zero-order valence-electron chi connectivity index (χ0n) is 17.2. The number of carbonyl (C=O) groups excluding carboxylic acids is 3. The number of aryl methyl sites for hydroxylation is 1. The third-order valence-electron chi connectivity index (χ3n) is 4.97. The summed E-state index contributed by atoms with van der Waals surface area (Å²) in [6.45, 7) is 1.92. The fraction of sp³-hybridized carbons (Fsp3) is 0.227. The number of carbonyl (C=O) groups is 3. The van der Waals surface area contributed by atoms with Crippen LogP contribution in [0.25, 0.3) is 5.69 Å². The lowest BCUT2D eigenvalue weighted by Gasteiger charge is -2.24. The first-order valence-electron chi connectivity index (χ1n) is 9.97. The first-order valence-corrected chi connectivity index (χ1v) is 11.3. The summed E-state index contributed by atoms with van der Waals surface area (Å²) in [4.78, 5) is 37.7. The molecular weight excluding hydrogens is 450 g/mol. The van der Waals surface area contributed by atoms with Crippen LogP contribution >= 0.6 is 23.4 Å². The van der Waals surface area contributed by atoms with Crippen LogP contribution in [0.5, 0.6) is 0 Å². The summed E-state index contributed by atoms with van der Waals surface area (Å²) in [5, 5.41) is 12.0. The van der Waals surface area contributed by atoms with Crippen molar-refractivity contribution in [3.8, 4) is 5.69 Å². The quantitative estimate of drug-likeness (QED) is 0.433. The predicted octanol–water partition coefficient (Wildman–Crippen LogP) is 4.00. The molecule has 0 unspecified atom stereocenters. The van der Waals surface area contributed by atoms with Gasteiger partial charge < -0.3 is 5.32 Å². The van der Waals surface area contributed by atoms with Gasteiger partial charge in [-0.1, -0.05) is 29.4 Å². The Labute approximate surface area is 194 Å². The van der Waals surface area contributed by atoms with Crippen LogP contribution in [0.15, 0.2) is 53.9 Å². The minimum atomic E-state index is -0.218. The summed E-state index contributed by atoms with van der Waals surface area (Å²) in [5.41, 5.74) is 2.86. The number of imide groups is 1. The molecule has 3 aromatic rings. The molecule has 0 radical (unpaired) electrons. The number of thioether (sulfide) groups is 1. The molecule has 1 saturated heterocycles. The second-order valence-corrected chi connectivity index (χ2v) is 8.63. The molecule has 2 aromatic carbocycles. The van der Waals surface area contributed by atoms with Crippen molar-refractivity contribution in [3.05, 3.63) is 59.4 Å². The van der Waals surface area contributed by atoms with Gasteiger partial charge in [0.15, 0.2) is 5.16 Å². The maximum absolute atomic E-state index is 12.4. The zero-order valence-corrected chi connectivity index (χ0v) is 18.8. The highest BCUT2D eigenvalue weighted by Crippen LogP contribution is 2.25. The number of hydrogen-bond acceptors (Lipinski definition) is 6.